The normalized spacial score (nSPS) is 11.6. The molecule has 0 bridgehead atoms. The predicted molar refractivity (Wildman–Crippen MR) is 94.1 cm³/mol. The molecule has 0 spiro atoms. The van der Waals surface area contributed by atoms with E-state index in [1.54, 1.807) is 36.3 Å². The number of aryl methyl sites for hydroxylation is 1. The van der Waals surface area contributed by atoms with E-state index in [1.807, 2.05) is 0 Å². The number of nitrogens with two attached hydrogens (primary N) is 1. The number of carbonyl (C=O) groups is 1. The maximum atomic E-state index is 12.9. The number of sulfone groups is 1. The fourth-order valence-electron chi connectivity index (χ4n) is 2.32. The van der Waals surface area contributed by atoms with Crippen LogP contribution >= 0.6 is 11.3 Å². The Labute approximate surface area is 149 Å². The molecule has 0 saturated heterocycles. The van der Waals surface area contributed by atoms with E-state index in [2.05, 4.69) is 10.1 Å². The van der Waals surface area contributed by atoms with Gasteiger partial charge < -0.3 is 5.73 Å². The molecule has 0 saturated carbocycles. The van der Waals surface area contributed by atoms with E-state index in [0.717, 1.165) is 16.9 Å². The molecule has 0 fully saturated rings. The molecule has 0 amide bonds. The number of carbonyl (C=O) groups excluding carboxylic acids is 1. The molecule has 7 nitrogen and oxygen atoms in total. The lowest BCUT2D eigenvalue weighted by Crippen LogP contribution is -2.03. The number of nitrogens with zero attached hydrogens (tertiary/aromatic N) is 3. The van der Waals surface area contributed by atoms with Crippen molar-refractivity contribution in [3.8, 4) is 11.1 Å². The summed E-state index contributed by atoms with van der Waals surface area (Å²) in [7, 11) is -2.02. The Morgan fingerprint density at radius 2 is 2.00 bits per heavy atom. The molecule has 0 atom stereocenters. The lowest BCUT2D eigenvalue weighted by atomic mass is 10.0. The maximum Gasteiger partial charge on any atom is 0.217 e. The Hall–Kier alpha value is -2.36. The van der Waals surface area contributed by atoms with Crippen molar-refractivity contribution in [2.75, 3.05) is 0 Å². The molecule has 9 heteroatoms. The zero-order valence-electron chi connectivity index (χ0n) is 13.6. The first-order chi connectivity index (χ1) is 11.8. The molecule has 0 aliphatic rings. The van der Waals surface area contributed by atoms with Gasteiger partial charge in [0.15, 0.2) is 5.78 Å². The average Bonchev–Trinajstić information content (AvgIpc) is 3.23. The first-order valence-corrected chi connectivity index (χ1v) is 9.66. The van der Waals surface area contributed by atoms with E-state index in [4.69, 9.17) is 5.73 Å². The second-order valence-corrected chi connectivity index (χ2v) is 8.78. The number of Topliss-reactive ketones (excluding diaryl/α,β-unsaturated/α-hetero) is 1. The van der Waals surface area contributed by atoms with Crippen LogP contribution in [0.25, 0.3) is 11.1 Å². The van der Waals surface area contributed by atoms with E-state index in [1.165, 1.54) is 19.2 Å². The molecule has 0 aliphatic heterocycles. The number of aromatic nitrogens is 3. The Morgan fingerprint density at radius 3 is 2.56 bits per heavy atom. The zero-order chi connectivity index (χ0) is 18.2. The van der Waals surface area contributed by atoms with Gasteiger partial charge in [0.05, 0.1) is 17.3 Å². The summed E-state index contributed by atoms with van der Waals surface area (Å²) in [6, 6.07) is 4.59. The van der Waals surface area contributed by atoms with Crippen molar-refractivity contribution in [3.63, 3.8) is 0 Å². The standard InChI is InChI=1S/C16H16N4O3S2/c1-10(21)11-3-12(13-7-19-20(2)9-13)5-14(4-11)25(22,23)16-8-18-15(6-17)24-16/h3-5,7-9H,6,17H2,1-2H3. The molecule has 0 aliphatic carbocycles. The van der Waals surface area contributed by atoms with Gasteiger partial charge in [-0.3, -0.25) is 9.48 Å². The van der Waals surface area contributed by atoms with Crippen LogP contribution in [0.2, 0.25) is 0 Å². The highest BCUT2D eigenvalue weighted by Crippen LogP contribution is 2.30. The predicted octanol–water partition coefficient (Wildman–Crippen LogP) is 2.04. The van der Waals surface area contributed by atoms with Gasteiger partial charge in [0, 0.05) is 30.9 Å². The Bertz CT molecular complexity index is 1050. The van der Waals surface area contributed by atoms with Crippen LogP contribution in [0.15, 0.2) is 45.9 Å². The van der Waals surface area contributed by atoms with Gasteiger partial charge in [-0.1, -0.05) is 0 Å². The van der Waals surface area contributed by atoms with Gasteiger partial charge in [0.2, 0.25) is 9.84 Å². The monoisotopic (exact) mass is 376 g/mol. The van der Waals surface area contributed by atoms with Crippen molar-refractivity contribution in [1.82, 2.24) is 14.8 Å². The molecule has 2 aromatic heterocycles. The van der Waals surface area contributed by atoms with E-state index in [-0.39, 0.29) is 21.4 Å². The van der Waals surface area contributed by atoms with Crippen molar-refractivity contribution in [2.45, 2.75) is 22.6 Å². The third-order valence-corrected chi connectivity index (χ3v) is 6.85. The minimum absolute atomic E-state index is 0.0475. The third-order valence-electron chi connectivity index (χ3n) is 3.63. The van der Waals surface area contributed by atoms with Gasteiger partial charge in [-0.05, 0) is 30.7 Å². The lowest BCUT2D eigenvalue weighted by molar-refractivity contribution is 0.101. The topological polar surface area (TPSA) is 108 Å². The average molecular weight is 376 g/mol. The Kier molecular flexibility index (Phi) is 4.55. The van der Waals surface area contributed by atoms with Crippen molar-refractivity contribution in [1.29, 1.82) is 0 Å². The second-order valence-electron chi connectivity index (χ2n) is 5.49. The second kappa shape index (κ2) is 6.51. The summed E-state index contributed by atoms with van der Waals surface area (Å²) in [6.45, 7) is 1.58. The van der Waals surface area contributed by atoms with Crippen LogP contribution in [-0.4, -0.2) is 29.0 Å². The largest absolute Gasteiger partial charge is 0.325 e. The quantitative estimate of drug-likeness (QED) is 0.683. The number of ketones is 1. The number of rotatable bonds is 5. The van der Waals surface area contributed by atoms with Crippen molar-refractivity contribution in [3.05, 3.63) is 47.4 Å². The van der Waals surface area contributed by atoms with Crippen LogP contribution in [0.5, 0.6) is 0 Å². The first kappa shape index (κ1) is 17.5. The number of hydrogen-bond donors (Lipinski definition) is 1. The smallest absolute Gasteiger partial charge is 0.217 e. The highest BCUT2D eigenvalue weighted by atomic mass is 32.2. The van der Waals surface area contributed by atoms with Crippen LogP contribution in [0.4, 0.5) is 0 Å². The minimum Gasteiger partial charge on any atom is -0.325 e. The molecule has 2 heterocycles. The van der Waals surface area contributed by atoms with Crippen LogP contribution in [-0.2, 0) is 23.4 Å². The molecule has 0 unspecified atom stereocenters. The summed E-state index contributed by atoms with van der Waals surface area (Å²) in [5, 5.41) is 4.63. The first-order valence-electron chi connectivity index (χ1n) is 7.36. The van der Waals surface area contributed by atoms with Gasteiger partial charge in [0.25, 0.3) is 0 Å². The molecular weight excluding hydrogens is 360 g/mol. The minimum atomic E-state index is -3.79. The van der Waals surface area contributed by atoms with Gasteiger partial charge in [-0.2, -0.15) is 5.10 Å². The van der Waals surface area contributed by atoms with Gasteiger partial charge in [0.1, 0.15) is 9.22 Å². The molecule has 1 aromatic carbocycles. The highest BCUT2D eigenvalue weighted by Gasteiger charge is 2.23. The zero-order valence-corrected chi connectivity index (χ0v) is 15.3. The summed E-state index contributed by atoms with van der Waals surface area (Å²) < 4.78 is 27.6. The van der Waals surface area contributed by atoms with Crippen LogP contribution in [0, 0.1) is 0 Å². The van der Waals surface area contributed by atoms with E-state index in [0.29, 0.717) is 16.1 Å². The van der Waals surface area contributed by atoms with Gasteiger partial charge in [-0.15, -0.1) is 11.3 Å². The number of hydrogen-bond acceptors (Lipinski definition) is 7. The van der Waals surface area contributed by atoms with Crippen LogP contribution in [0.3, 0.4) is 0 Å². The molecule has 130 valence electrons. The fraction of sp³-hybridized carbons (Fsp3) is 0.188. The molecule has 2 N–H and O–H groups in total. The van der Waals surface area contributed by atoms with Crippen molar-refractivity contribution in [2.24, 2.45) is 12.8 Å². The number of thiazole rings is 1. The van der Waals surface area contributed by atoms with Crippen LogP contribution in [0.1, 0.15) is 22.3 Å². The third kappa shape index (κ3) is 3.39. The highest BCUT2D eigenvalue weighted by molar-refractivity contribution is 7.93. The molecular formula is C16H16N4O3S2. The Balaban J connectivity index is 2.17. The fourth-order valence-corrected chi connectivity index (χ4v) is 4.85. The van der Waals surface area contributed by atoms with Crippen molar-refractivity contribution < 1.29 is 13.2 Å². The molecule has 3 aromatic rings. The van der Waals surface area contributed by atoms with Gasteiger partial charge >= 0.3 is 0 Å². The van der Waals surface area contributed by atoms with Gasteiger partial charge in [-0.25, -0.2) is 13.4 Å². The summed E-state index contributed by atoms with van der Waals surface area (Å²) in [5.41, 5.74) is 7.18. The summed E-state index contributed by atoms with van der Waals surface area (Å²) in [4.78, 5) is 15.9. The summed E-state index contributed by atoms with van der Waals surface area (Å²) >= 11 is 1.03. The summed E-state index contributed by atoms with van der Waals surface area (Å²) in [5.74, 6) is -0.214. The molecule has 0 radical (unpaired) electrons. The molecule has 3 rings (SSSR count). The Morgan fingerprint density at radius 1 is 1.24 bits per heavy atom. The maximum absolute atomic E-state index is 12.9. The van der Waals surface area contributed by atoms with E-state index < -0.39 is 9.84 Å². The number of benzene rings is 1. The van der Waals surface area contributed by atoms with Crippen LogP contribution < -0.4 is 5.73 Å². The lowest BCUT2D eigenvalue weighted by Gasteiger charge is -2.07. The molecule has 25 heavy (non-hydrogen) atoms. The SMILES string of the molecule is CC(=O)c1cc(-c2cnn(C)c2)cc(S(=O)(=O)c2cnc(CN)s2)c1. The van der Waals surface area contributed by atoms with E-state index in [9.17, 15) is 13.2 Å². The summed E-state index contributed by atoms with van der Waals surface area (Å²) in [6.07, 6.45) is 4.68. The van der Waals surface area contributed by atoms with Crippen molar-refractivity contribution >= 4 is 27.0 Å². The van der Waals surface area contributed by atoms with E-state index >= 15 is 0 Å².